The fourth-order valence-electron chi connectivity index (χ4n) is 4.17. The Morgan fingerprint density at radius 1 is 1.10 bits per heavy atom. The van der Waals surface area contributed by atoms with Crippen LogP contribution in [0.1, 0.15) is 64.2 Å². The second-order valence-corrected chi connectivity index (χ2v) is 7.17. The van der Waals surface area contributed by atoms with E-state index in [1.165, 1.54) is 38.5 Å². The summed E-state index contributed by atoms with van der Waals surface area (Å²) in [6, 6.07) is -0.299. The highest BCUT2D eigenvalue weighted by Gasteiger charge is 2.42. The van der Waals surface area contributed by atoms with Gasteiger partial charge in [-0.2, -0.15) is 0 Å². The molecule has 2 aliphatic carbocycles. The van der Waals surface area contributed by atoms with Gasteiger partial charge in [-0.25, -0.2) is 0 Å². The molecule has 3 aliphatic rings. The maximum Gasteiger partial charge on any atom is 0.242 e. The summed E-state index contributed by atoms with van der Waals surface area (Å²) >= 11 is 0. The van der Waals surface area contributed by atoms with Gasteiger partial charge in [0.05, 0.1) is 0 Å². The summed E-state index contributed by atoms with van der Waals surface area (Å²) < 4.78 is 0. The minimum Gasteiger partial charge on any atom is -0.354 e. The Morgan fingerprint density at radius 3 is 2.67 bits per heavy atom. The van der Waals surface area contributed by atoms with E-state index in [2.05, 4.69) is 10.6 Å². The highest BCUT2D eigenvalue weighted by Crippen LogP contribution is 2.48. The number of amides is 2. The molecule has 0 aromatic carbocycles. The second-order valence-electron chi connectivity index (χ2n) is 7.17. The molecule has 21 heavy (non-hydrogen) atoms. The Morgan fingerprint density at radius 2 is 1.86 bits per heavy atom. The molecular formula is C17H28N2O2. The van der Waals surface area contributed by atoms with E-state index >= 15 is 0 Å². The summed E-state index contributed by atoms with van der Waals surface area (Å²) in [5.41, 5.74) is 0. The first-order valence-electron chi connectivity index (χ1n) is 8.81. The molecule has 3 fully saturated rings. The minimum atomic E-state index is -0.299. The number of carbonyl (C=O) groups excluding carboxylic acids is 2. The van der Waals surface area contributed by atoms with Gasteiger partial charge in [-0.15, -0.1) is 0 Å². The highest BCUT2D eigenvalue weighted by molar-refractivity contribution is 5.87. The molecule has 0 spiro atoms. The zero-order valence-corrected chi connectivity index (χ0v) is 12.9. The van der Waals surface area contributed by atoms with Crippen LogP contribution in [0.4, 0.5) is 0 Å². The Bertz CT molecular complexity index is 390. The molecule has 2 N–H and O–H groups in total. The average molecular weight is 292 g/mol. The zero-order chi connectivity index (χ0) is 14.7. The van der Waals surface area contributed by atoms with Crippen molar-refractivity contribution >= 4 is 11.8 Å². The Balaban J connectivity index is 1.39. The zero-order valence-electron chi connectivity index (χ0n) is 12.9. The van der Waals surface area contributed by atoms with Crippen molar-refractivity contribution in [2.45, 2.75) is 70.3 Å². The number of hydrogen-bond donors (Lipinski definition) is 2. The molecule has 3 rings (SSSR count). The van der Waals surface area contributed by atoms with Gasteiger partial charge in [-0.05, 0) is 37.0 Å². The molecule has 4 nitrogen and oxygen atoms in total. The topological polar surface area (TPSA) is 58.2 Å². The number of carbonyl (C=O) groups is 2. The van der Waals surface area contributed by atoms with E-state index in [0.717, 1.165) is 37.6 Å². The lowest BCUT2D eigenvalue weighted by Gasteiger charge is -2.22. The number of nitrogens with one attached hydrogen (secondary N) is 2. The highest BCUT2D eigenvalue weighted by atomic mass is 16.2. The summed E-state index contributed by atoms with van der Waals surface area (Å²) in [6.45, 7) is 0.812. The van der Waals surface area contributed by atoms with Crippen LogP contribution in [0.25, 0.3) is 0 Å². The average Bonchev–Trinajstić information content (AvgIpc) is 3.30. The van der Waals surface area contributed by atoms with Crippen LogP contribution in [0.2, 0.25) is 0 Å². The van der Waals surface area contributed by atoms with Gasteiger partial charge >= 0.3 is 0 Å². The molecule has 0 bridgehead atoms. The van der Waals surface area contributed by atoms with Crippen molar-refractivity contribution in [3.63, 3.8) is 0 Å². The fourth-order valence-corrected chi connectivity index (χ4v) is 4.17. The molecule has 4 heteroatoms. The standard InChI is InChI=1S/C17H28N2O2/c20-16-9-5-4-8-15(19-16)17(21)18-11-13-10-14(13)12-6-2-1-3-7-12/h12-15H,1-11H2,(H,18,21)(H,19,20)/t13-,14-,15-/m0/s1. The summed E-state index contributed by atoms with van der Waals surface area (Å²) in [5.74, 6) is 2.52. The third kappa shape index (κ3) is 3.98. The normalized spacial score (nSPS) is 33.9. The van der Waals surface area contributed by atoms with Crippen molar-refractivity contribution in [3.05, 3.63) is 0 Å². The van der Waals surface area contributed by atoms with E-state index in [4.69, 9.17) is 0 Å². The van der Waals surface area contributed by atoms with E-state index in [1.54, 1.807) is 0 Å². The van der Waals surface area contributed by atoms with Gasteiger partial charge in [0, 0.05) is 13.0 Å². The Labute approximate surface area is 127 Å². The van der Waals surface area contributed by atoms with E-state index in [1.807, 2.05) is 0 Å². The van der Waals surface area contributed by atoms with Crippen LogP contribution in [0.5, 0.6) is 0 Å². The van der Waals surface area contributed by atoms with Crippen LogP contribution >= 0.6 is 0 Å². The van der Waals surface area contributed by atoms with E-state index in [-0.39, 0.29) is 17.9 Å². The summed E-state index contributed by atoms with van der Waals surface area (Å²) in [5, 5.41) is 5.92. The predicted octanol–water partition coefficient (Wildman–Crippen LogP) is 2.38. The van der Waals surface area contributed by atoms with Gasteiger partial charge in [0.2, 0.25) is 11.8 Å². The van der Waals surface area contributed by atoms with Gasteiger partial charge in [0.15, 0.2) is 0 Å². The fraction of sp³-hybridized carbons (Fsp3) is 0.882. The molecule has 1 heterocycles. The Hall–Kier alpha value is -1.06. The third-order valence-corrected chi connectivity index (χ3v) is 5.57. The molecule has 0 aromatic rings. The van der Waals surface area contributed by atoms with Crippen LogP contribution in [-0.2, 0) is 9.59 Å². The van der Waals surface area contributed by atoms with Crippen LogP contribution in [0.3, 0.4) is 0 Å². The predicted molar refractivity (Wildman–Crippen MR) is 81.6 cm³/mol. The van der Waals surface area contributed by atoms with Gasteiger partial charge in [0.25, 0.3) is 0 Å². The molecule has 3 atom stereocenters. The first-order valence-corrected chi connectivity index (χ1v) is 8.81. The molecule has 2 amide bonds. The van der Waals surface area contributed by atoms with Crippen molar-refractivity contribution < 1.29 is 9.59 Å². The van der Waals surface area contributed by atoms with Crippen LogP contribution in [-0.4, -0.2) is 24.4 Å². The first kappa shape index (κ1) is 14.9. The first-order chi connectivity index (χ1) is 10.2. The smallest absolute Gasteiger partial charge is 0.242 e. The lowest BCUT2D eigenvalue weighted by Crippen LogP contribution is -2.46. The Kier molecular flexibility index (Phi) is 4.81. The molecule has 1 aliphatic heterocycles. The van der Waals surface area contributed by atoms with Gasteiger partial charge in [-0.1, -0.05) is 38.5 Å². The van der Waals surface area contributed by atoms with E-state index in [9.17, 15) is 9.59 Å². The maximum absolute atomic E-state index is 12.2. The van der Waals surface area contributed by atoms with Crippen molar-refractivity contribution in [1.82, 2.24) is 10.6 Å². The molecule has 0 aromatic heterocycles. The third-order valence-electron chi connectivity index (χ3n) is 5.57. The van der Waals surface area contributed by atoms with Crippen LogP contribution in [0, 0.1) is 17.8 Å². The van der Waals surface area contributed by atoms with Gasteiger partial charge in [0.1, 0.15) is 6.04 Å². The van der Waals surface area contributed by atoms with Crippen molar-refractivity contribution in [1.29, 1.82) is 0 Å². The van der Waals surface area contributed by atoms with E-state index < -0.39 is 0 Å². The van der Waals surface area contributed by atoms with Crippen molar-refractivity contribution in [2.75, 3.05) is 6.54 Å². The molecular weight excluding hydrogens is 264 g/mol. The van der Waals surface area contributed by atoms with Crippen LogP contribution in [0.15, 0.2) is 0 Å². The monoisotopic (exact) mass is 292 g/mol. The van der Waals surface area contributed by atoms with E-state index in [0.29, 0.717) is 12.3 Å². The lowest BCUT2D eigenvalue weighted by atomic mass is 9.85. The minimum absolute atomic E-state index is 0.0270. The summed E-state index contributed by atoms with van der Waals surface area (Å²) in [4.78, 5) is 23.7. The SMILES string of the molecule is O=C1CCCC[C@@H](C(=O)NC[C@@H]2C[C@H]2C2CCCCC2)N1. The molecule has 0 unspecified atom stereocenters. The van der Waals surface area contributed by atoms with Crippen molar-refractivity contribution in [3.8, 4) is 0 Å². The molecule has 1 saturated heterocycles. The summed E-state index contributed by atoms with van der Waals surface area (Å²) in [7, 11) is 0. The van der Waals surface area contributed by atoms with Crippen molar-refractivity contribution in [2.24, 2.45) is 17.8 Å². The molecule has 118 valence electrons. The van der Waals surface area contributed by atoms with Gasteiger partial charge < -0.3 is 10.6 Å². The largest absolute Gasteiger partial charge is 0.354 e. The van der Waals surface area contributed by atoms with Gasteiger partial charge in [-0.3, -0.25) is 9.59 Å². The number of hydrogen-bond acceptors (Lipinski definition) is 2. The van der Waals surface area contributed by atoms with Crippen LogP contribution < -0.4 is 10.6 Å². The second kappa shape index (κ2) is 6.80. The molecule has 0 radical (unpaired) electrons. The quantitative estimate of drug-likeness (QED) is 0.836. The molecule has 2 saturated carbocycles. The number of rotatable bonds is 4. The summed E-state index contributed by atoms with van der Waals surface area (Å²) in [6.07, 6.45) is 11.5. The maximum atomic E-state index is 12.2. The lowest BCUT2D eigenvalue weighted by molar-refractivity contribution is -0.128.